The summed E-state index contributed by atoms with van der Waals surface area (Å²) in [7, 11) is 1.24. The fourth-order valence-electron chi connectivity index (χ4n) is 2.15. The molecule has 0 atom stereocenters. The molecule has 24 heavy (non-hydrogen) atoms. The van der Waals surface area contributed by atoms with E-state index in [1.807, 2.05) is 24.3 Å². The van der Waals surface area contributed by atoms with Crippen molar-refractivity contribution in [1.29, 1.82) is 0 Å². The van der Waals surface area contributed by atoms with Crippen LogP contribution in [0.3, 0.4) is 0 Å². The van der Waals surface area contributed by atoms with Crippen LogP contribution in [0.2, 0.25) is 0 Å². The van der Waals surface area contributed by atoms with E-state index >= 15 is 0 Å². The first-order chi connectivity index (χ1) is 11.6. The third-order valence-electron chi connectivity index (χ3n) is 3.27. The summed E-state index contributed by atoms with van der Waals surface area (Å²) >= 11 is 1.45. The first-order valence-electron chi connectivity index (χ1n) is 6.92. The van der Waals surface area contributed by atoms with Gasteiger partial charge in [-0.1, -0.05) is 12.1 Å². The SMILES string of the molecule is COC(=O)c1ccc([N+](=O)[O-])c(OCc2nc3ccccc3s2)c1. The van der Waals surface area contributed by atoms with Crippen molar-refractivity contribution in [2.24, 2.45) is 0 Å². The smallest absolute Gasteiger partial charge is 0.337 e. The van der Waals surface area contributed by atoms with E-state index in [9.17, 15) is 14.9 Å². The lowest BCUT2D eigenvalue weighted by atomic mass is 10.2. The van der Waals surface area contributed by atoms with Crippen molar-refractivity contribution >= 4 is 33.2 Å². The Morgan fingerprint density at radius 1 is 1.29 bits per heavy atom. The van der Waals surface area contributed by atoms with Crippen LogP contribution >= 0.6 is 11.3 Å². The Morgan fingerprint density at radius 2 is 2.08 bits per heavy atom. The van der Waals surface area contributed by atoms with Gasteiger partial charge in [0.1, 0.15) is 11.6 Å². The number of nitro benzene ring substituents is 1. The van der Waals surface area contributed by atoms with Gasteiger partial charge in [0.2, 0.25) is 0 Å². The fourth-order valence-corrected chi connectivity index (χ4v) is 3.03. The van der Waals surface area contributed by atoms with E-state index in [2.05, 4.69) is 9.72 Å². The van der Waals surface area contributed by atoms with Crippen LogP contribution in [0.5, 0.6) is 5.75 Å². The minimum Gasteiger partial charge on any atom is -0.479 e. The molecule has 122 valence electrons. The van der Waals surface area contributed by atoms with Crippen LogP contribution in [-0.4, -0.2) is 23.0 Å². The second-order valence-corrected chi connectivity index (χ2v) is 5.91. The summed E-state index contributed by atoms with van der Waals surface area (Å²) in [5.74, 6) is -0.586. The zero-order valence-electron chi connectivity index (χ0n) is 12.6. The van der Waals surface area contributed by atoms with Crippen molar-refractivity contribution in [2.75, 3.05) is 7.11 Å². The number of carbonyl (C=O) groups is 1. The van der Waals surface area contributed by atoms with Gasteiger partial charge in [0.05, 0.1) is 27.8 Å². The maximum atomic E-state index is 11.6. The van der Waals surface area contributed by atoms with Gasteiger partial charge < -0.3 is 9.47 Å². The zero-order chi connectivity index (χ0) is 17.1. The maximum Gasteiger partial charge on any atom is 0.337 e. The van der Waals surface area contributed by atoms with Gasteiger partial charge in [-0.05, 0) is 18.2 Å². The van der Waals surface area contributed by atoms with Gasteiger partial charge in [-0.3, -0.25) is 10.1 Å². The van der Waals surface area contributed by atoms with Crippen molar-refractivity contribution in [3.63, 3.8) is 0 Å². The molecule has 0 aliphatic heterocycles. The molecule has 0 aliphatic rings. The third-order valence-corrected chi connectivity index (χ3v) is 4.28. The average molecular weight is 344 g/mol. The highest BCUT2D eigenvalue weighted by atomic mass is 32.1. The van der Waals surface area contributed by atoms with E-state index in [1.54, 1.807) is 0 Å². The number of esters is 1. The van der Waals surface area contributed by atoms with Crippen LogP contribution in [-0.2, 0) is 11.3 Å². The molecule has 0 saturated heterocycles. The second kappa shape index (κ2) is 6.63. The highest BCUT2D eigenvalue weighted by molar-refractivity contribution is 7.18. The van der Waals surface area contributed by atoms with E-state index in [1.165, 1.54) is 36.6 Å². The molecule has 0 amide bonds. The number of carbonyl (C=O) groups excluding carboxylic acids is 1. The lowest BCUT2D eigenvalue weighted by Crippen LogP contribution is -2.04. The Labute approximate surface area is 140 Å². The minimum atomic E-state index is -0.588. The van der Waals surface area contributed by atoms with Gasteiger partial charge in [-0.2, -0.15) is 0 Å². The van der Waals surface area contributed by atoms with Crippen LogP contribution in [0.25, 0.3) is 10.2 Å². The average Bonchev–Trinajstić information content (AvgIpc) is 3.01. The largest absolute Gasteiger partial charge is 0.479 e. The van der Waals surface area contributed by atoms with E-state index in [0.29, 0.717) is 5.01 Å². The molecule has 0 radical (unpaired) electrons. The second-order valence-electron chi connectivity index (χ2n) is 4.80. The van der Waals surface area contributed by atoms with E-state index in [4.69, 9.17) is 4.74 Å². The maximum absolute atomic E-state index is 11.6. The zero-order valence-corrected chi connectivity index (χ0v) is 13.4. The Bertz CT molecular complexity index is 889. The molecule has 0 saturated carbocycles. The molecule has 8 heteroatoms. The number of para-hydroxylation sites is 1. The molecular weight excluding hydrogens is 332 g/mol. The molecule has 1 heterocycles. The van der Waals surface area contributed by atoms with E-state index < -0.39 is 10.9 Å². The number of hydrogen-bond acceptors (Lipinski definition) is 7. The van der Waals surface area contributed by atoms with Crippen LogP contribution in [0.15, 0.2) is 42.5 Å². The Kier molecular flexibility index (Phi) is 4.39. The van der Waals surface area contributed by atoms with Gasteiger partial charge in [0, 0.05) is 12.1 Å². The molecule has 0 N–H and O–H groups in total. The summed E-state index contributed by atoms with van der Waals surface area (Å²) in [5.41, 5.74) is 0.810. The monoisotopic (exact) mass is 344 g/mol. The highest BCUT2D eigenvalue weighted by Gasteiger charge is 2.19. The number of rotatable bonds is 5. The summed E-state index contributed by atoms with van der Waals surface area (Å²) in [4.78, 5) is 26.5. The molecule has 1 aromatic heterocycles. The Morgan fingerprint density at radius 3 is 2.79 bits per heavy atom. The van der Waals surface area contributed by atoms with E-state index in [0.717, 1.165) is 10.2 Å². The lowest BCUT2D eigenvalue weighted by Gasteiger charge is -2.06. The first kappa shape index (κ1) is 15.9. The predicted octanol–water partition coefficient (Wildman–Crippen LogP) is 3.57. The molecule has 3 rings (SSSR count). The predicted molar refractivity (Wildman–Crippen MR) is 88.4 cm³/mol. The first-order valence-corrected chi connectivity index (χ1v) is 7.74. The summed E-state index contributed by atoms with van der Waals surface area (Å²) in [6.07, 6.45) is 0. The topological polar surface area (TPSA) is 91.6 Å². The van der Waals surface area contributed by atoms with Gasteiger partial charge in [-0.25, -0.2) is 9.78 Å². The minimum absolute atomic E-state index is 0.00200. The molecule has 0 unspecified atom stereocenters. The van der Waals surface area contributed by atoms with Crippen molar-refractivity contribution in [3.8, 4) is 5.75 Å². The molecule has 0 bridgehead atoms. The van der Waals surface area contributed by atoms with Gasteiger partial charge in [0.15, 0.2) is 5.75 Å². The molecule has 0 fully saturated rings. The van der Waals surface area contributed by atoms with Gasteiger partial charge >= 0.3 is 11.7 Å². The third kappa shape index (κ3) is 3.18. The summed E-state index contributed by atoms with van der Waals surface area (Å²) < 4.78 is 11.2. The fraction of sp³-hybridized carbons (Fsp3) is 0.125. The van der Waals surface area contributed by atoms with Crippen molar-refractivity contribution in [2.45, 2.75) is 6.61 Å². The summed E-state index contributed by atoms with van der Waals surface area (Å²) in [6, 6.07) is 11.5. The molecule has 3 aromatic rings. The molecule has 2 aromatic carbocycles. The summed E-state index contributed by atoms with van der Waals surface area (Å²) in [6.45, 7) is 0.0742. The quantitative estimate of drug-likeness (QED) is 0.399. The number of benzene rings is 2. The van der Waals surface area contributed by atoms with Crippen molar-refractivity contribution in [3.05, 3.63) is 63.1 Å². The van der Waals surface area contributed by atoms with Gasteiger partial charge in [0.25, 0.3) is 0 Å². The Hall–Kier alpha value is -3.00. The number of thiazole rings is 1. The van der Waals surface area contributed by atoms with Crippen LogP contribution < -0.4 is 4.74 Å². The van der Waals surface area contributed by atoms with E-state index in [-0.39, 0.29) is 23.6 Å². The number of fused-ring (bicyclic) bond motifs is 1. The standard InChI is InChI=1S/C16H12N2O5S/c1-22-16(19)10-6-7-12(18(20)21)13(8-10)23-9-15-17-11-4-2-3-5-14(11)24-15/h2-8H,9H2,1H3. The number of hydrogen-bond donors (Lipinski definition) is 0. The number of ether oxygens (including phenoxy) is 2. The van der Waals surface area contributed by atoms with Crippen LogP contribution in [0.1, 0.15) is 15.4 Å². The number of nitrogens with zero attached hydrogens (tertiary/aromatic N) is 2. The highest BCUT2D eigenvalue weighted by Crippen LogP contribution is 2.30. The molecule has 7 nitrogen and oxygen atoms in total. The molecule has 0 aliphatic carbocycles. The number of nitro groups is 1. The Balaban J connectivity index is 1.87. The normalized spacial score (nSPS) is 10.5. The van der Waals surface area contributed by atoms with Crippen LogP contribution in [0, 0.1) is 10.1 Å². The van der Waals surface area contributed by atoms with Crippen LogP contribution in [0.4, 0.5) is 5.69 Å². The van der Waals surface area contributed by atoms with Crippen molar-refractivity contribution < 1.29 is 19.2 Å². The lowest BCUT2D eigenvalue weighted by molar-refractivity contribution is -0.385. The molecular formula is C16H12N2O5S. The van der Waals surface area contributed by atoms with Gasteiger partial charge in [-0.15, -0.1) is 11.3 Å². The number of aromatic nitrogens is 1. The summed E-state index contributed by atoms with van der Waals surface area (Å²) in [5, 5.41) is 11.8. The van der Waals surface area contributed by atoms with Crippen molar-refractivity contribution in [1.82, 2.24) is 4.98 Å². The number of methoxy groups -OCH3 is 1. The molecule has 0 spiro atoms.